The summed E-state index contributed by atoms with van der Waals surface area (Å²) < 4.78 is 21.1. The molecule has 2 aliphatic carbocycles. The Morgan fingerprint density at radius 1 is 0.500 bits per heavy atom. The van der Waals surface area contributed by atoms with E-state index in [0.29, 0.717) is 0 Å². The van der Waals surface area contributed by atoms with Crippen molar-refractivity contribution in [2.75, 3.05) is 28.4 Å². The van der Waals surface area contributed by atoms with E-state index in [1.54, 1.807) is 28.4 Å². The lowest BCUT2D eigenvalue weighted by molar-refractivity contribution is -0.222. The molecule has 0 aromatic heterocycles. The van der Waals surface area contributed by atoms with Gasteiger partial charge in [-0.15, -0.1) is 0 Å². The van der Waals surface area contributed by atoms with Crippen molar-refractivity contribution in [2.24, 2.45) is 0 Å². The number of hydrogen-bond acceptors (Lipinski definition) is 4. The molecule has 0 heterocycles. The lowest BCUT2D eigenvalue weighted by Gasteiger charge is -2.34. The summed E-state index contributed by atoms with van der Waals surface area (Å²) in [5, 5.41) is 0. The zero-order valence-electron chi connectivity index (χ0n) is 13.0. The zero-order chi connectivity index (χ0) is 14.2. The van der Waals surface area contributed by atoms with Crippen LogP contribution >= 0.6 is 0 Å². The lowest BCUT2D eigenvalue weighted by Crippen LogP contribution is -2.35. The summed E-state index contributed by atoms with van der Waals surface area (Å²) in [7, 11) is 6.90. The smallest absolute Gasteiger partial charge is 0.167 e. The van der Waals surface area contributed by atoms with Crippen molar-refractivity contribution in [2.45, 2.75) is 76.8 Å². The molecule has 0 unspecified atom stereocenters. The number of methoxy groups -OCH3 is 4. The van der Waals surface area contributed by atoms with Crippen molar-refractivity contribution in [1.29, 1.82) is 0 Å². The minimum Gasteiger partial charge on any atom is -0.353 e. The van der Waals surface area contributed by atoms with Crippen LogP contribution < -0.4 is 0 Å². The normalized spacial score (nSPS) is 23.4. The van der Waals surface area contributed by atoms with Crippen LogP contribution in [0.1, 0.15) is 65.2 Å². The maximum Gasteiger partial charge on any atom is 0.167 e. The highest BCUT2D eigenvalue weighted by Gasteiger charge is 2.33. The molecule has 2 fully saturated rings. The molecule has 0 N–H and O–H groups in total. The first-order valence-electron chi connectivity index (χ1n) is 7.36. The topological polar surface area (TPSA) is 36.9 Å². The Labute approximate surface area is 125 Å². The molecule has 0 radical (unpaired) electrons. The van der Waals surface area contributed by atoms with Crippen molar-refractivity contribution in [3.63, 3.8) is 0 Å². The van der Waals surface area contributed by atoms with Gasteiger partial charge in [-0.25, -0.2) is 0 Å². The van der Waals surface area contributed by atoms with Crippen LogP contribution in [0.25, 0.3) is 0 Å². The Hall–Kier alpha value is -0.160. The minimum atomic E-state index is -0.238. The van der Waals surface area contributed by atoms with Gasteiger partial charge in [0.25, 0.3) is 0 Å². The van der Waals surface area contributed by atoms with E-state index in [1.807, 2.05) is 0 Å². The highest BCUT2D eigenvalue weighted by Crippen LogP contribution is 2.32. The van der Waals surface area contributed by atoms with Crippen molar-refractivity contribution in [3.8, 4) is 0 Å². The monoisotopic (exact) mass is 290 g/mol. The third kappa shape index (κ3) is 5.32. The Morgan fingerprint density at radius 2 is 0.750 bits per heavy atom. The van der Waals surface area contributed by atoms with Crippen LogP contribution in [0.2, 0.25) is 0 Å². The van der Waals surface area contributed by atoms with Crippen LogP contribution in [-0.2, 0) is 18.9 Å². The standard InChI is InChI=1S/C8H16O2.C7H14O2.CH4/c1-9-8(10-2)6-4-3-5-7-8;1-8-7(9-2)5-3-4-6-7;/h3-7H2,1-2H3;3-6H2,1-2H3;1H4. The molecule has 2 rings (SSSR count). The van der Waals surface area contributed by atoms with Crippen molar-refractivity contribution >= 4 is 0 Å². The van der Waals surface area contributed by atoms with Crippen molar-refractivity contribution in [1.82, 2.24) is 0 Å². The van der Waals surface area contributed by atoms with Gasteiger partial charge in [-0.2, -0.15) is 0 Å². The summed E-state index contributed by atoms with van der Waals surface area (Å²) in [6, 6.07) is 0. The largest absolute Gasteiger partial charge is 0.353 e. The molecule has 122 valence electrons. The van der Waals surface area contributed by atoms with Gasteiger partial charge >= 0.3 is 0 Å². The summed E-state index contributed by atoms with van der Waals surface area (Å²) >= 11 is 0. The molecule has 4 heteroatoms. The van der Waals surface area contributed by atoms with Gasteiger partial charge in [0.1, 0.15) is 0 Å². The van der Waals surface area contributed by atoms with Crippen LogP contribution in [0.4, 0.5) is 0 Å². The molecule has 0 amide bonds. The quantitative estimate of drug-likeness (QED) is 0.730. The van der Waals surface area contributed by atoms with Crippen molar-refractivity contribution < 1.29 is 18.9 Å². The molecule has 0 saturated heterocycles. The molecule has 2 saturated carbocycles. The summed E-state index contributed by atoms with van der Waals surface area (Å²) in [6.45, 7) is 0. The molecule has 20 heavy (non-hydrogen) atoms. The second-order valence-corrected chi connectivity index (χ2v) is 5.41. The number of rotatable bonds is 4. The van der Waals surface area contributed by atoms with E-state index in [-0.39, 0.29) is 19.0 Å². The van der Waals surface area contributed by atoms with Gasteiger partial charge in [-0.1, -0.05) is 13.8 Å². The number of hydrogen-bond donors (Lipinski definition) is 0. The fourth-order valence-electron chi connectivity index (χ4n) is 2.99. The molecule has 2 aliphatic rings. The maximum absolute atomic E-state index is 5.31. The second kappa shape index (κ2) is 9.72. The molecule has 0 bridgehead atoms. The summed E-state index contributed by atoms with van der Waals surface area (Å²) in [5.74, 6) is -0.460. The van der Waals surface area contributed by atoms with Gasteiger partial charge in [0.15, 0.2) is 11.6 Å². The van der Waals surface area contributed by atoms with Crippen molar-refractivity contribution in [3.05, 3.63) is 0 Å². The predicted molar refractivity (Wildman–Crippen MR) is 81.8 cm³/mol. The molecule has 4 nitrogen and oxygen atoms in total. The van der Waals surface area contributed by atoms with E-state index < -0.39 is 0 Å². The Bertz CT molecular complexity index is 219. The summed E-state index contributed by atoms with van der Waals surface area (Å²) in [4.78, 5) is 0. The summed E-state index contributed by atoms with van der Waals surface area (Å²) in [6.07, 6.45) is 10.5. The third-order valence-electron chi connectivity index (χ3n) is 4.47. The molecule has 0 aromatic carbocycles. The average molecular weight is 290 g/mol. The highest BCUT2D eigenvalue weighted by molar-refractivity contribution is 4.76. The average Bonchev–Trinajstić information content (AvgIpc) is 2.98. The minimum absolute atomic E-state index is 0. The van der Waals surface area contributed by atoms with Gasteiger partial charge in [-0.05, 0) is 25.7 Å². The Kier molecular flexibility index (Phi) is 9.64. The third-order valence-corrected chi connectivity index (χ3v) is 4.47. The van der Waals surface area contributed by atoms with Gasteiger partial charge in [-0.3, -0.25) is 0 Å². The van der Waals surface area contributed by atoms with Crippen LogP contribution in [0.5, 0.6) is 0 Å². The first-order valence-corrected chi connectivity index (χ1v) is 7.36. The summed E-state index contributed by atoms with van der Waals surface area (Å²) in [5.41, 5.74) is 0. The molecular formula is C16H34O4. The van der Waals surface area contributed by atoms with Gasteiger partial charge in [0.05, 0.1) is 0 Å². The first-order chi connectivity index (χ1) is 9.16. The number of ether oxygens (including phenoxy) is 4. The van der Waals surface area contributed by atoms with Crippen LogP contribution in [0.3, 0.4) is 0 Å². The molecule has 0 atom stereocenters. The molecule has 0 aromatic rings. The maximum atomic E-state index is 5.31. The van der Waals surface area contributed by atoms with Gasteiger partial charge in [0, 0.05) is 54.1 Å². The SMILES string of the molecule is C.COC1(OC)CCCC1.COC1(OC)CCCCC1. The van der Waals surface area contributed by atoms with Crippen LogP contribution in [-0.4, -0.2) is 40.0 Å². The fraction of sp³-hybridized carbons (Fsp3) is 1.00. The Morgan fingerprint density at radius 3 is 0.950 bits per heavy atom. The molecular weight excluding hydrogens is 256 g/mol. The van der Waals surface area contributed by atoms with E-state index in [1.165, 1.54) is 32.1 Å². The predicted octanol–water partition coefficient (Wildman–Crippen LogP) is 4.13. The fourth-order valence-corrected chi connectivity index (χ4v) is 2.99. The molecule has 0 aliphatic heterocycles. The second-order valence-electron chi connectivity index (χ2n) is 5.41. The van der Waals surface area contributed by atoms with E-state index in [4.69, 9.17) is 18.9 Å². The zero-order valence-corrected chi connectivity index (χ0v) is 13.0. The van der Waals surface area contributed by atoms with Gasteiger partial charge in [0.2, 0.25) is 0 Å². The molecule has 0 spiro atoms. The van der Waals surface area contributed by atoms with E-state index in [9.17, 15) is 0 Å². The van der Waals surface area contributed by atoms with E-state index in [2.05, 4.69) is 0 Å². The van der Waals surface area contributed by atoms with Gasteiger partial charge < -0.3 is 18.9 Å². The van der Waals surface area contributed by atoms with Crippen LogP contribution in [0, 0.1) is 0 Å². The lowest BCUT2D eigenvalue weighted by atomic mass is 9.94. The first kappa shape index (κ1) is 19.8. The Balaban J connectivity index is 0.000000345. The highest BCUT2D eigenvalue weighted by atomic mass is 16.7. The van der Waals surface area contributed by atoms with E-state index >= 15 is 0 Å². The van der Waals surface area contributed by atoms with E-state index in [0.717, 1.165) is 25.7 Å². The van der Waals surface area contributed by atoms with Crippen LogP contribution in [0.15, 0.2) is 0 Å².